The summed E-state index contributed by atoms with van der Waals surface area (Å²) in [4.78, 5) is 68.2. The molecule has 16 nitrogen and oxygen atoms in total. The van der Waals surface area contributed by atoms with E-state index in [1.165, 1.54) is 13.8 Å². The van der Waals surface area contributed by atoms with Crippen LogP contribution in [0, 0.1) is 23.7 Å². The lowest BCUT2D eigenvalue weighted by Gasteiger charge is -2.47. The molecule has 1 saturated carbocycles. The molecule has 0 radical (unpaired) electrons. The summed E-state index contributed by atoms with van der Waals surface area (Å²) in [5.74, 6) is -5.72. The molecule has 338 valence electrons. The number of rotatable bonds is 8. The largest absolute Gasteiger partial charge is 0.459 e. The van der Waals surface area contributed by atoms with Crippen molar-refractivity contribution in [3.05, 3.63) is 35.4 Å². The first-order valence-electron chi connectivity index (χ1n) is 21.8. The molecule has 5 aliphatic rings. The molecule has 4 heterocycles. The molecule has 3 N–H and O–H groups in total. The Labute approximate surface area is 359 Å². The van der Waals surface area contributed by atoms with Gasteiger partial charge in [-0.1, -0.05) is 45.0 Å². The van der Waals surface area contributed by atoms with Crippen LogP contribution >= 0.6 is 0 Å². The minimum atomic E-state index is -1.85. The molecule has 3 saturated heterocycles. The second-order valence-electron chi connectivity index (χ2n) is 18.6. The van der Waals surface area contributed by atoms with E-state index in [1.807, 2.05) is 39.8 Å². The van der Waals surface area contributed by atoms with E-state index >= 15 is 0 Å². The number of likely N-dealkylation sites (N-methyl/N-ethyl adjacent to an activating group) is 1. The van der Waals surface area contributed by atoms with Crippen LogP contribution in [-0.2, 0) is 49.3 Å². The van der Waals surface area contributed by atoms with Crippen LogP contribution in [0.3, 0.4) is 0 Å². The molecule has 1 aromatic rings. The van der Waals surface area contributed by atoms with Gasteiger partial charge in [-0.05, 0) is 97.5 Å². The van der Waals surface area contributed by atoms with Gasteiger partial charge in [-0.25, -0.2) is 4.99 Å². The Balaban J connectivity index is 1.45. The molecule has 16 heteroatoms. The molecule has 14 atom stereocenters. The number of aliphatic hydroxyl groups excluding tert-OH is 1. The number of fused-ring (bicyclic) bond motifs is 4. The number of aliphatic hydroxyl groups is 2. The number of carbonyl (C=O) groups excluding carboxylic acids is 4. The molecule has 4 aliphatic heterocycles. The Morgan fingerprint density at radius 2 is 1.70 bits per heavy atom. The maximum atomic E-state index is 14.5. The van der Waals surface area contributed by atoms with Gasteiger partial charge >= 0.3 is 5.97 Å². The highest BCUT2D eigenvalue weighted by atomic mass is 16.7. The first-order valence-corrected chi connectivity index (χ1v) is 21.8. The van der Waals surface area contributed by atoms with Crippen molar-refractivity contribution < 1.29 is 57.9 Å². The second kappa shape index (κ2) is 19.0. The Hall–Kier alpha value is -3.64. The zero-order valence-electron chi connectivity index (χ0n) is 37.3. The summed E-state index contributed by atoms with van der Waals surface area (Å²) in [6.07, 6.45) is -4.26. The van der Waals surface area contributed by atoms with Crippen LogP contribution in [0.2, 0.25) is 0 Å². The average molecular weight is 855 g/mol. The molecular weight excluding hydrogens is 789 g/mol. The van der Waals surface area contributed by atoms with E-state index in [0.717, 1.165) is 12.8 Å². The lowest BCUT2D eigenvalue weighted by Crippen LogP contribution is -2.60. The van der Waals surface area contributed by atoms with Crippen molar-refractivity contribution >= 4 is 35.0 Å². The van der Waals surface area contributed by atoms with E-state index in [-0.39, 0.29) is 62.3 Å². The average Bonchev–Trinajstić information content (AvgIpc) is 4.04. The van der Waals surface area contributed by atoms with Gasteiger partial charge in [0.2, 0.25) is 6.10 Å². The first-order chi connectivity index (χ1) is 28.7. The zero-order valence-corrected chi connectivity index (χ0v) is 37.3. The van der Waals surface area contributed by atoms with E-state index in [1.54, 1.807) is 45.0 Å². The topological polar surface area (TPSA) is 204 Å². The van der Waals surface area contributed by atoms with Crippen molar-refractivity contribution in [3.63, 3.8) is 0 Å². The third kappa shape index (κ3) is 10.4. The van der Waals surface area contributed by atoms with Crippen LogP contribution in [0.1, 0.15) is 103 Å². The van der Waals surface area contributed by atoms with Crippen molar-refractivity contribution in [2.75, 3.05) is 27.3 Å². The number of esters is 1. The molecule has 0 aromatic heterocycles. The maximum Gasteiger partial charge on any atom is 0.316 e. The number of aliphatic imine (C=N–C) groups is 1. The summed E-state index contributed by atoms with van der Waals surface area (Å²) >= 11 is 0. The number of amides is 2. The molecule has 0 spiro atoms. The van der Waals surface area contributed by atoms with Gasteiger partial charge < -0.3 is 49.0 Å². The number of benzene rings is 1. The molecule has 1 aliphatic carbocycles. The fourth-order valence-corrected chi connectivity index (χ4v) is 9.43. The predicted molar refractivity (Wildman–Crippen MR) is 224 cm³/mol. The lowest BCUT2D eigenvalue weighted by atomic mass is 9.73. The Kier molecular flexibility index (Phi) is 14.6. The standard InChI is InChI=1S/C45H66N4O12/c1-11-34-45(8,55)39-25(4)35-23(2)20-44(7,38(26(5)36(50)27(6)42(54)59-34)60-43-37(51)32(49(9)10)18-24(3)58-43)57-22-31(21-56-39)48-61-33(41(53)47-35)19-28-12-14-29(15-13-28)40(52)46-30-16-17-30/h12-15,23-27,30,32-34,37-39,43,51,55H,11,16-22H2,1-10H3,(H,46,52)/b47-35?,48-31+/t23-,24-,25-,26+,27-,32+,33?,34-,37-,38-,39+,43+,44-,45-/m1/s1. The second-order valence-corrected chi connectivity index (χ2v) is 18.6. The smallest absolute Gasteiger partial charge is 0.316 e. The van der Waals surface area contributed by atoms with E-state index < -0.39 is 89.3 Å². The Bertz CT molecular complexity index is 1830. The SMILES string of the molecule is CC[C@H]1OC(=O)[C@H](C)C(=O)[C@H](C)[C@@H](O[C@@H]2O[C@H](C)C[C@H](N(C)C)[C@H]2O)[C@@]2(C)C[C@@H](C)C3=NC(=O)C(Cc4ccc(C(=O)NC5CC5)cc4)O/N=C(\CO[C@@H]([C@@H]3C)[C@]1(C)O)CO2. The molecule has 6 rings (SSSR count). The van der Waals surface area contributed by atoms with E-state index in [4.69, 9.17) is 33.5 Å². The van der Waals surface area contributed by atoms with Gasteiger partial charge in [0.05, 0.1) is 37.1 Å². The third-order valence-corrected chi connectivity index (χ3v) is 13.2. The van der Waals surface area contributed by atoms with Gasteiger partial charge in [0.25, 0.3) is 11.8 Å². The summed E-state index contributed by atoms with van der Waals surface area (Å²) in [5, 5.41) is 31.5. The van der Waals surface area contributed by atoms with Crippen LogP contribution in [-0.4, -0.2) is 144 Å². The van der Waals surface area contributed by atoms with E-state index in [2.05, 4.69) is 10.5 Å². The minimum absolute atomic E-state index is 0.0813. The van der Waals surface area contributed by atoms with Gasteiger partial charge in [0, 0.05) is 41.6 Å². The highest BCUT2D eigenvalue weighted by Gasteiger charge is 2.53. The van der Waals surface area contributed by atoms with Gasteiger partial charge in [0.1, 0.15) is 29.4 Å². The normalized spacial score (nSPS) is 40.1. The van der Waals surface area contributed by atoms with E-state index in [9.17, 15) is 29.4 Å². The van der Waals surface area contributed by atoms with Gasteiger partial charge in [-0.3, -0.25) is 19.2 Å². The molecule has 4 bridgehead atoms. The molecule has 1 aromatic carbocycles. The number of oxime groups is 1. The Morgan fingerprint density at radius 3 is 2.34 bits per heavy atom. The molecule has 2 amide bonds. The van der Waals surface area contributed by atoms with E-state index in [0.29, 0.717) is 23.3 Å². The van der Waals surface area contributed by atoms with Crippen LogP contribution in [0.4, 0.5) is 0 Å². The summed E-state index contributed by atoms with van der Waals surface area (Å²) < 4.78 is 32.4. The van der Waals surface area contributed by atoms with Crippen LogP contribution in [0.25, 0.3) is 0 Å². The summed E-state index contributed by atoms with van der Waals surface area (Å²) in [7, 11) is 3.73. The number of nitrogens with zero attached hydrogens (tertiary/aromatic N) is 3. The number of carbonyl (C=O) groups is 4. The van der Waals surface area contributed by atoms with Gasteiger partial charge in [-0.15, -0.1) is 0 Å². The van der Waals surface area contributed by atoms with Crippen molar-refractivity contribution in [1.82, 2.24) is 10.2 Å². The van der Waals surface area contributed by atoms with Gasteiger partial charge in [0.15, 0.2) is 12.1 Å². The van der Waals surface area contributed by atoms with Crippen molar-refractivity contribution in [2.24, 2.45) is 33.8 Å². The fourth-order valence-electron chi connectivity index (χ4n) is 9.43. The quantitative estimate of drug-likeness (QED) is 0.254. The summed E-state index contributed by atoms with van der Waals surface area (Å²) in [6, 6.07) is 6.84. The number of hydrogen-bond acceptors (Lipinski definition) is 14. The van der Waals surface area contributed by atoms with Crippen LogP contribution in [0.5, 0.6) is 0 Å². The highest BCUT2D eigenvalue weighted by molar-refractivity contribution is 6.01. The van der Waals surface area contributed by atoms with Crippen molar-refractivity contribution in [1.29, 1.82) is 0 Å². The maximum absolute atomic E-state index is 14.5. The number of hydrogen-bond donors (Lipinski definition) is 3. The van der Waals surface area contributed by atoms with Crippen molar-refractivity contribution in [2.45, 2.75) is 160 Å². The number of ether oxygens (including phenoxy) is 5. The number of nitrogens with one attached hydrogen (secondary N) is 1. The van der Waals surface area contributed by atoms with Crippen molar-refractivity contribution in [3.8, 4) is 0 Å². The molecule has 1 unspecified atom stereocenters. The highest BCUT2D eigenvalue weighted by Crippen LogP contribution is 2.40. The molecular formula is C45H66N4O12. The van der Waals surface area contributed by atoms with Crippen LogP contribution in [0.15, 0.2) is 34.4 Å². The Morgan fingerprint density at radius 1 is 1.02 bits per heavy atom. The first kappa shape index (κ1) is 46.9. The number of Topliss-reactive ketones (excluding diaryl/α,β-unsaturated/α-hetero) is 1. The number of cyclic esters (lactones) is 1. The minimum Gasteiger partial charge on any atom is -0.459 e. The third-order valence-electron chi connectivity index (χ3n) is 13.2. The summed E-state index contributed by atoms with van der Waals surface area (Å²) in [6.45, 7) is 13.4. The fraction of sp³-hybridized carbons (Fsp3) is 0.733. The number of ketones is 1. The van der Waals surface area contributed by atoms with Gasteiger partial charge in [-0.2, -0.15) is 0 Å². The molecule has 61 heavy (non-hydrogen) atoms. The predicted octanol–water partition coefficient (Wildman–Crippen LogP) is 3.42. The van der Waals surface area contributed by atoms with Crippen LogP contribution < -0.4 is 5.32 Å². The summed E-state index contributed by atoms with van der Waals surface area (Å²) in [5.41, 5.74) is -1.43. The monoisotopic (exact) mass is 854 g/mol. The lowest BCUT2D eigenvalue weighted by molar-refractivity contribution is -0.296. The molecule has 4 fully saturated rings. The zero-order chi connectivity index (χ0) is 44.6.